The van der Waals surface area contributed by atoms with Crippen molar-refractivity contribution >= 4 is 17.3 Å². The van der Waals surface area contributed by atoms with Gasteiger partial charge in [0.15, 0.2) is 0 Å². The van der Waals surface area contributed by atoms with Crippen molar-refractivity contribution in [3.8, 4) is 0 Å². The molecular formula is C34H48N2O7. The highest BCUT2D eigenvalue weighted by Gasteiger charge is 2.76. The predicted molar refractivity (Wildman–Crippen MR) is 162 cm³/mol. The van der Waals surface area contributed by atoms with Gasteiger partial charge in [-0.1, -0.05) is 53.9 Å². The van der Waals surface area contributed by atoms with Gasteiger partial charge >= 0.3 is 5.97 Å². The van der Waals surface area contributed by atoms with Crippen molar-refractivity contribution in [3.05, 3.63) is 44.0 Å². The molecule has 5 fully saturated rings. The summed E-state index contributed by atoms with van der Waals surface area (Å²) in [7, 11) is 0. The second kappa shape index (κ2) is 10.8. The molecule has 0 bridgehead atoms. The van der Waals surface area contributed by atoms with Crippen molar-refractivity contribution < 1.29 is 24.1 Å². The quantitative estimate of drug-likeness (QED) is 0.121. The standard InChI is InChI=1S/C34H48N2O7/c1-20(2)7-6-8-21(3)27-9-10-28-26-18-30-34(43-30)19-25(11-14-33(34,5)29(26)12-13-32(27,28)4)42-31(37)22-15-23(35(38)39)17-24(16-22)36(40)41/h15-17,20-21,25-30H,6-14,18-19H2,1-5H3/t21-,25-,26+,27-,28+,29+,30+,32-,33-,34+/m1/s1. The van der Waals surface area contributed by atoms with Gasteiger partial charge in [-0.05, 0) is 85.9 Å². The minimum absolute atomic E-state index is 0.0378. The molecule has 9 heteroatoms. The van der Waals surface area contributed by atoms with Crippen LogP contribution in [0.3, 0.4) is 0 Å². The Hall–Kier alpha value is -2.55. The lowest BCUT2D eigenvalue weighted by Gasteiger charge is -2.59. The lowest BCUT2D eigenvalue weighted by atomic mass is 9.44. The number of nitro groups is 2. The first kappa shape index (κ1) is 30.5. The first-order valence-electron chi connectivity index (χ1n) is 16.6. The monoisotopic (exact) mass is 596 g/mol. The Morgan fingerprint density at radius 1 is 0.977 bits per heavy atom. The number of hydrogen-bond acceptors (Lipinski definition) is 7. The summed E-state index contributed by atoms with van der Waals surface area (Å²) < 4.78 is 12.5. The Morgan fingerprint density at radius 2 is 1.67 bits per heavy atom. The summed E-state index contributed by atoms with van der Waals surface area (Å²) in [6.07, 6.45) is 12.4. The third-order valence-electron chi connectivity index (χ3n) is 13.1. The van der Waals surface area contributed by atoms with Crippen LogP contribution in [0.4, 0.5) is 11.4 Å². The molecule has 4 aliphatic carbocycles. The molecule has 5 aliphatic rings. The molecule has 1 aliphatic heterocycles. The molecule has 1 aromatic rings. The summed E-state index contributed by atoms with van der Waals surface area (Å²) in [6.45, 7) is 12.2. The van der Waals surface area contributed by atoms with Crippen LogP contribution in [-0.4, -0.2) is 33.6 Å². The maximum Gasteiger partial charge on any atom is 0.338 e. The van der Waals surface area contributed by atoms with Gasteiger partial charge in [0.05, 0.1) is 27.6 Å². The van der Waals surface area contributed by atoms with Crippen LogP contribution in [0.15, 0.2) is 18.2 Å². The van der Waals surface area contributed by atoms with Crippen LogP contribution in [0.5, 0.6) is 0 Å². The van der Waals surface area contributed by atoms with Crippen LogP contribution in [0, 0.1) is 66.6 Å². The molecular weight excluding hydrogens is 548 g/mol. The van der Waals surface area contributed by atoms with E-state index in [0.717, 1.165) is 54.7 Å². The van der Waals surface area contributed by atoms with E-state index in [-0.39, 0.29) is 28.8 Å². The first-order chi connectivity index (χ1) is 20.3. The fourth-order valence-corrected chi connectivity index (χ4v) is 10.9. The first-order valence-corrected chi connectivity index (χ1v) is 16.6. The molecule has 0 radical (unpaired) electrons. The highest BCUT2D eigenvalue weighted by atomic mass is 16.6. The molecule has 1 spiro atoms. The zero-order valence-electron chi connectivity index (χ0n) is 26.4. The Balaban J connectivity index is 1.14. The van der Waals surface area contributed by atoms with Gasteiger partial charge in [-0.3, -0.25) is 20.2 Å². The van der Waals surface area contributed by atoms with E-state index in [2.05, 4.69) is 34.6 Å². The highest BCUT2D eigenvalue weighted by molar-refractivity contribution is 5.91. The number of nitrogens with zero attached hydrogens (tertiary/aromatic N) is 2. The van der Waals surface area contributed by atoms with Gasteiger partial charge in [0, 0.05) is 24.0 Å². The van der Waals surface area contributed by atoms with Crippen molar-refractivity contribution in [1.82, 2.24) is 0 Å². The zero-order valence-corrected chi connectivity index (χ0v) is 26.4. The normalized spacial score (nSPS) is 40.0. The topological polar surface area (TPSA) is 125 Å². The number of benzene rings is 1. The van der Waals surface area contributed by atoms with Crippen LogP contribution in [0.25, 0.3) is 0 Å². The molecule has 236 valence electrons. The number of esters is 1. The third kappa shape index (κ3) is 4.98. The van der Waals surface area contributed by atoms with Gasteiger partial charge in [-0.25, -0.2) is 4.79 Å². The van der Waals surface area contributed by atoms with E-state index in [1.165, 1.54) is 44.9 Å². The Morgan fingerprint density at radius 3 is 2.33 bits per heavy atom. The molecule has 1 aromatic carbocycles. The number of non-ortho nitro benzene ring substituents is 2. The van der Waals surface area contributed by atoms with E-state index in [4.69, 9.17) is 9.47 Å². The van der Waals surface area contributed by atoms with Crippen LogP contribution >= 0.6 is 0 Å². The van der Waals surface area contributed by atoms with E-state index >= 15 is 0 Å². The highest BCUT2D eigenvalue weighted by Crippen LogP contribution is 2.74. The van der Waals surface area contributed by atoms with E-state index in [1.807, 2.05) is 0 Å². The largest absolute Gasteiger partial charge is 0.459 e. The van der Waals surface area contributed by atoms with Crippen LogP contribution in [-0.2, 0) is 9.47 Å². The molecule has 10 atom stereocenters. The number of carbonyl (C=O) groups is 1. The molecule has 9 nitrogen and oxygen atoms in total. The average molecular weight is 597 g/mol. The van der Waals surface area contributed by atoms with Crippen LogP contribution in [0.1, 0.15) is 116 Å². The third-order valence-corrected chi connectivity index (χ3v) is 13.1. The van der Waals surface area contributed by atoms with Gasteiger partial charge in [0.25, 0.3) is 11.4 Å². The lowest BCUT2D eigenvalue weighted by Crippen LogP contribution is -2.59. The fourth-order valence-electron chi connectivity index (χ4n) is 10.9. The minimum Gasteiger partial charge on any atom is -0.459 e. The van der Waals surface area contributed by atoms with Gasteiger partial charge in [-0.2, -0.15) is 0 Å². The molecule has 0 amide bonds. The van der Waals surface area contributed by atoms with E-state index in [9.17, 15) is 25.0 Å². The number of carbonyl (C=O) groups excluding carboxylic acids is 1. The maximum atomic E-state index is 13.1. The lowest BCUT2D eigenvalue weighted by molar-refractivity contribution is -0.394. The molecule has 0 aromatic heterocycles. The number of epoxide rings is 1. The van der Waals surface area contributed by atoms with Crippen molar-refractivity contribution in [2.24, 2.45) is 46.3 Å². The summed E-state index contributed by atoms with van der Waals surface area (Å²) in [4.78, 5) is 34.3. The summed E-state index contributed by atoms with van der Waals surface area (Å²) in [5.74, 6) is 3.65. The van der Waals surface area contributed by atoms with E-state index in [1.54, 1.807) is 0 Å². The van der Waals surface area contributed by atoms with Gasteiger partial charge in [0.1, 0.15) is 11.7 Å². The minimum atomic E-state index is -0.754. The number of fused-ring (bicyclic) bond motifs is 4. The smallest absolute Gasteiger partial charge is 0.338 e. The summed E-state index contributed by atoms with van der Waals surface area (Å²) >= 11 is 0. The number of hydrogen-bond donors (Lipinski definition) is 0. The zero-order chi connectivity index (χ0) is 30.9. The molecule has 43 heavy (non-hydrogen) atoms. The van der Waals surface area contributed by atoms with Gasteiger partial charge in [0.2, 0.25) is 0 Å². The van der Waals surface area contributed by atoms with E-state index < -0.39 is 27.2 Å². The molecule has 6 rings (SSSR count). The molecule has 0 unspecified atom stereocenters. The van der Waals surface area contributed by atoms with Crippen molar-refractivity contribution in [2.45, 2.75) is 123 Å². The summed E-state index contributed by atoms with van der Waals surface area (Å²) in [6, 6.07) is 2.97. The average Bonchev–Trinajstić information content (AvgIpc) is 3.53. The van der Waals surface area contributed by atoms with E-state index in [0.29, 0.717) is 30.1 Å². The molecule has 0 N–H and O–H groups in total. The SMILES string of the molecule is CC(C)CCC[C@@H](C)[C@H]1CC[C@H]2[C@@H]3C[C@@H]4O[C@@]45C[C@H](OC(=O)c4cc([N+](=O)[O-])cc([N+](=O)[O-])c4)CC[C@]5(C)[C@H]3CC[C@]12C. The number of ether oxygens (including phenoxy) is 2. The second-order valence-corrected chi connectivity index (χ2v) is 15.6. The van der Waals surface area contributed by atoms with Crippen molar-refractivity contribution in [1.29, 1.82) is 0 Å². The Kier molecular flexibility index (Phi) is 7.66. The molecule has 1 saturated heterocycles. The Labute approximate surface area is 254 Å². The van der Waals surface area contributed by atoms with Gasteiger partial charge < -0.3 is 9.47 Å². The van der Waals surface area contributed by atoms with Crippen LogP contribution < -0.4 is 0 Å². The molecule has 1 heterocycles. The van der Waals surface area contributed by atoms with Gasteiger partial charge in [-0.15, -0.1) is 0 Å². The number of rotatable bonds is 9. The second-order valence-electron chi connectivity index (χ2n) is 15.6. The summed E-state index contributed by atoms with van der Waals surface area (Å²) in [5, 5.41) is 22.6. The summed E-state index contributed by atoms with van der Waals surface area (Å²) in [5.41, 5.74) is -0.994. The van der Waals surface area contributed by atoms with Crippen molar-refractivity contribution in [2.75, 3.05) is 0 Å². The Bertz CT molecular complexity index is 1270. The predicted octanol–water partition coefficient (Wildman–Crippen LogP) is 8.28. The number of nitro benzene ring substituents is 2. The van der Waals surface area contributed by atoms with Crippen molar-refractivity contribution in [3.63, 3.8) is 0 Å². The van der Waals surface area contributed by atoms with Crippen LogP contribution in [0.2, 0.25) is 0 Å². The molecule has 4 saturated carbocycles. The fraction of sp³-hybridized carbons (Fsp3) is 0.794. The maximum absolute atomic E-state index is 13.1.